The van der Waals surface area contributed by atoms with Gasteiger partial charge in [-0.1, -0.05) is 0 Å². The Labute approximate surface area is 101 Å². The molecule has 0 spiro atoms. The van der Waals surface area contributed by atoms with Gasteiger partial charge in [-0.25, -0.2) is 0 Å². The van der Waals surface area contributed by atoms with Crippen LogP contribution in [0.3, 0.4) is 0 Å². The van der Waals surface area contributed by atoms with Gasteiger partial charge in [-0.05, 0) is 50.1 Å². The number of nitrogens with one attached hydrogen (secondary N) is 2. The second-order valence-electron chi connectivity index (χ2n) is 4.32. The molecule has 2 N–H and O–H groups in total. The maximum atomic E-state index is 11.9. The van der Waals surface area contributed by atoms with Gasteiger partial charge in [0.25, 0.3) is 0 Å². The van der Waals surface area contributed by atoms with Crippen LogP contribution in [0.15, 0.2) is 18.2 Å². The van der Waals surface area contributed by atoms with E-state index >= 15 is 0 Å². The van der Waals surface area contributed by atoms with Gasteiger partial charge in [0.2, 0.25) is 5.91 Å². The third-order valence-electron chi connectivity index (χ3n) is 3.04. The topological polar surface area (TPSA) is 50.4 Å². The van der Waals surface area contributed by atoms with Gasteiger partial charge in [0.05, 0.1) is 13.2 Å². The van der Waals surface area contributed by atoms with E-state index in [-0.39, 0.29) is 11.9 Å². The monoisotopic (exact) mass is 234 g/mol. The first kappa shape index (κ1) is 11.9. The molecule has 1 fully saturated rings. The maximum absolute atomic E-state index is 11.9. The lowest BCUT2D eigenvalue weighted by molar-refractivity contribution is -0.117. The van der Waals surface area contributed by atoms with Crippen molar-refractivity contribution >= 4 is 11.6 Å². The minimum atomic E-state index is -0.0441. The molecule has 1 saturated heterocycles. The fraction of sp³-hybridized carbons (Fsp3) is 0.462. The second kappa shape index (κ2) is 5.19. The van der Waals surface area contributed by atoms with Gasteiger partial charge in [-0.2, -0.15) is 0 Å². The van der Waals surface area contributed by atoms with Crippen molar-refractivity contribution in [1.82, 2.24) is 5.32 Å². The zero-order valence-corrected chi connectivity index (χ0v) is 10.2. The van der Waals surface area contributed by atoms with Gasteiger partial charge >= 0.3 is 0 Å². The Morgan fingerprint density at radius 2 is 2.35 bits per heavy atom. The van der Waals surface area contributed by atoms with Gasteiger partial charge in [0, 0.05) is 5.69 Å². The molecule has 1 unspecified atom stereocenters. The Morgan fingerprint density at radius 1 is 1.53 bits per heavy atom. The smallest absolute Gasteiger partial charge is 0.241 e. The number of benzene rings is 1. The number of rotatable bonds is 3. The molecule has 1 amide bonds. The fourth-order valence-corrected chi connectivity index (χ4v) is 2.09. The summed E-state index contributed by atoms with van der Waals surface area (Å²) in [5.41, 5.74) is 1.84. The van der Waals surface area contributed by atoms with Crippen LogP contribution in [-0.2, 0) is 4.79 Å². The Balaban J connectivity index is 2.03. The summed E-state index contributed by atoms with van der Waals surface area (Å²) < 4.78 is 5.18. The predicted octanol–water partition coefficient (Wildman–Crippen LogP) is 1.69. The third-order valence-corrected chi connectivity index (χ3v) is 3.04. The number of methoxy groups -OCH3 is 1. The van der Waals surface area contributed by atoms with Crippen LogP contribution < -0.4 is 15.4 Å². The number of amides is 1. The average Bonchev–Trinajstić information content (AvgIpc) is 2.82. The van der Waals surface area contributed by atoms with E-state index in [2.05, 4.69) is 10.6 Å². The second-order valence-corrected chi connectivity index (χ2v) is 4.32. The molecular weight excluding hydrogens is 216 g/mol. The number of carbonyl (C=O) groups is 1. The Hall–Kier alpha value is -1.55. The van der Waals surface area contributed by atoms with Crippen LogP contribution in [0.1, 0.15) is 18.4 Å². The van der Waals surface area contributed by atoms with Crippen LogP contribution in [0, 0.1) is 6.92 Å². The highest BCUT2D eigenvalue weighted by molar-refractivity contribution is 5.95. The van der Waals surface area contributed by atoms with Crippen LogP contribution in [0.4, 0.5) is 5.69 Å². The van der Waals surface area contributed by atoms with E-state index in [0.717, 1.165) is 36.4 Å². The van der Waals surface area contributed by atoms with Gasteiger partial charge in [0.1, 0.15) is 5.75 Å². The van der Waals surface area contributed by atoms with E-state index in [9.17, 15) is 4.79 Å². The van der Waals surface area contributed by atoms with Crippen LogP contribution in [-0.4, -0.2) is 25.6 Å². The van der Waals surface area contributed by atoms with E-state index in [1.807, 2.05) is 25.1 Å². The Kier molecular flexibility index (Phi) is 3.64. The summed E-state index contributed by atoms with van der Waals surface area (Å²) >= 11 is 0. The Morgan fingerprint density at radius 3 is 2.94 bits per heavy atom. The number of aryl methyl sites for hydroxylation is 1. The SMILES string of the molecule is COc1ccc(NC(=O)C2CCCN2)cc1C. The molecule has 1 heterocycles. The molecule has 1 aliphatic rings. The molecule has 2 rings (SSSR count). The lowest BCUT2D eigenvalue weighted by atomic mass is 10.1. The lowest BCUT2D eigenvalue weighted by Crippen LogP contribution is -2.35. The number of ether oxygens (including phenoxy) is 1. The molecule has 0 aliphatic carbocycles. The van der Waals surface area contributed by atoms with Crippen LogP contribution in [0.5, 0.6) is 5.75 Å². The molecule has 1 atom stereocenters. The molecule has 1 aromatic carbocycles. The van der Waals surface area contributed by atoms with E-state index in [0.29, 0.717) is 0 Å². The standard InChI is InChI=1S/C13H18N2O2/c1-9-8-10(5-6-12(9)17-2)15-13(16)11-4-3-7-14-11/h5-6,8,11,14H,3-4,7H2,1-2H3,(H,15,16). The summed E-state index contributed by atoms with van der Waals surface area (Å²) in [6.45, 7) is 2.89. The molecule has 4 heteroatoms. The van der Waals surface area contributed by atoms with Gasteiger partial charge < -0.3 is 15.4 Å². The predicted molar refractivity (Wildman–Crippen MR) is 67.4 cm³/mol. The first-order valence-electron chi connectivity index (χ1n) is 5.89. The zero-order valence-electron chi connectivity index (χ0n) is 10.2. The Bertz CT molecular complexity index is 412. The van der Waals surface area contributed by atoms with Crippen molar-refractivity contribution in [2.45, 2.75) is 25.8 Å². The van der Waals surface area contributed by atoms with Gasteiger partial charge in [-0.15, -0.1) is 0 Å². The van der Waals surface area contributed by atoms with Crippen LogP contribution >= 0.6 is 0 Å². The van der Waals surface area contributed by atoms with E-state index in [1.54, 1.807) is 7.11 Å². The molecule has 0 aromatic heterocycles. The highest BCUT2D eigenvalue weighted by atomic mass is 16.5. The maximum Gasteiger partial charge on any atom is 0.241 e. The molecule has 4 nitrogen and oxygen atoms in total. The summed E-state index contributed by atoms with van der Waals surface area (Å²) in [6.07, 6.45) is 1.99. The van der Waals surface area contributed by atoms with Crippen molar-refractivity contribution in [1.29, 1.82) is 0 Å². The van der Waals surface area contributed by atoms with Gasteiger partial charge in [0.15, 0.2) is 0 Å². The van der Waals surface area contributed by atoms with Crippen LogP contribution in [0.25, 0.3) is 0 Å². The van der Waals surface area contributed by atoms with Crippen molar-refractivity contribution in [3.05, 3.63) is 23.8 Å². The lowest BCUT2D eigenvalue weighted by Gasteiger charge is -2.12. The number of carbonyl (C=O) groups excluding carboxylic acids is 1. The van der Waals surface area contributed by atoms with Crippen molar-refractivity contribution < 1.29 is 9.53 Å². The first-order valence-corrected chi connectivity index (χ1v) is 5.89. The highest BCUT2D eigenvalue weighted by Gasteiger charge is 2.21. The molecular formula is C13H18N2O2. The average molecular weight is 234 g/mol. The minimum Gasteiger partial charge on any atom is -0.496 e. The molecule has 0 bridgehead atoms. The summed E-state index contributed by atoms with van der Waals surface area (Å²) in [5, 5.41) is 6.10. The summed E-state index contributed by atoms with van der Waals surface area (Å²) in [5.74, 6) is 0.883. The van der Waals surface area contributed by atoms with E-state index in [4.69, 9.17) is 4.74 Å². The summed E-state index contributed by atoms with van der Waals surface area (Å²) in [6, 6.07) is 5.61. The number of anilines is 1. The third kappa shape index (κ3) is 2.77. The van der Waals surface area contributed by atoms with E-state index in [1.165, 1.54) is 0 Å². The molecule has 0 saturated carbocycles. The quantitative estimate of drug-likeness (QED) is 0.837. The van der Waals surface area contributed by atoms with Crippen molar-refractivity contribution in [3.63, 3.8) is 0 Å². The molecule has 17 heavy (non-hydrogen) atoms. The van der Waals surface area contributed by atoms with Crippen molar-refractivity contribution in [3.8, 4) is 5.75 Å². The summed E-state index contributed by atoms with van der Waals surface area (Å²) in [7, 11) is 1.64. The largest absolute Gasteiger partial charge is 0.496 e. The molecule has 92 valence electrons. The molecule has 1 aromatic rings. The van der Waals surface area contributed by atoms with E-state index < -0.39 is 0 Å². The van der Waals surface area contributed by atoms with Crippen molar-refractivity contribution in [2.75, 3.05) is 19.0 Å². The fourth-order valence-electron chi connectivity index (χ4n) is 2.09. The highest BCUT2D eigenvalue weighted by Crippen LogP contribution is 2.21. The van der Waals surface area contributed by atoms with Crippen LogP contribution in [0.2, 0.25) is 0 Å². The zero-order chi connectivity index (χ0) is 12.3. The normalized spacial score (nSPS) is 19.1. The minimum absolute atomic E-state index is 0.0441. The first-order chi connectivity index (χ1) is 8.20. The van der Waals surface area contributed by atoms with Crippen molar-refractivity contribution in [2.24, 2.45) is 0 Å². The number of hydrogen-bond donors (Lipinski definition) is 2. The van der Waals surface area contributed by atoms with Gasteiger partial charge in [-0.3, -0.25) is 4.79 Å². The molecule has 0 radical (unpaired) electrons. The summed E-state index contributed by atoms with van der Waals surface area (Å²) in [4.78, 5) is 11.9. The molecule has 1 aliphatic heterocycles. The number of hydrogen-bond acceptors (Lipinski definition) is 3.